The first kappa shape index (κ1) is 13.3. The van der Waals surface area contributed by atoms with Gasteiger partial charge in [-0.2, -0.15) is 8.78 Å². The van der Waals surface area contributed by atoms with Crippen LogP contribution in [0.1, 0.15) is 0 Å². The molecule has 0 atom stereocenters. The summed E-state index contributed by atoms with van der Waals surface area (Å²) < 4.78 is 49.6. The zero-order chi connectivity index (χ0) is 13.2. The van der Waals surface area contributed by atoms with E-state index in [9.17, 15) is 22.4 Å². The molecule has 17 heavy (non-hydrogen) atoms. The van der Waals surface area contributed by atoms with Gasteiger partial charge >= 0.3 is 18.3 Å². The van der Waals surface area contributed by atoms with Crippen LogP contribution in [0.5, 0.6) is 0 Å². The lowest BCUT2D eigenvalue weighted by Gasteiger charge is -2.22. The average molecular weight is 250 g/mol. The molecule has 0 heterocycles. The number of hydrogen-bond donors (Lipinski definition) is 1. The molecule has 0 aliphatic rings. The van der Waals surface area contributed by atoms with Crippen LogP contribution in [0.15, 0.2) is 24.3 Å². The van der Waals surface area contributed by atoms with Crippen molar-refractivity contribution in [1.29, 1.82) is 0 Å². The number of benzene rings is 1. The van der Waals surface area contributed by atoms with Crippen LogP contribution in [0.2, 0.25) is 0 Å². The van der Waals surface area contributed by atoms with Crippen LogP contribution in [0.3, 0.4) is 0 Å². The maximum atomic E-state index is 12.8. The molecule has 1 rings (SSSR count). The second-order valence-corrected chi connectivity index (χ2v) is 3.38. The molecule has 7 heteroatoms. The van der Waals surface area contributed by atoms with Crippen LogP contribution in [0.4, 0.5) is 28.9 Å². The van der Waals surface area contributed by atoms with Gasteiger partial charge in [0.15, 0.2) is 0 Å². The van der Waals surface area contributed by atoms with Crippen LogP contribution >= 0.6 is 0 Å². The minimum atomic E-state index is -4.70. The van der Waals surface area contributed by atoms with Gasteiger partial charge in [-0.1, -0.05) is 0 Å². The lowest BCUT2D eigenvalue weighted by Crippen LogP contribution is -2.46. The molecule has 0 spiro atoms. The summed E-state index contributed by atoms with van der Waals surface area (Å²) in [6.45, 7) is 0. The number of nitrogens with two attached hydrogens (primary N) is 1. The van der Waals surface area contributed by atoms with Crippen LogP contribution in [0.25, 0.3) is 0 Å². The van der Waals surface area contributed by atoms with Crippen molar-refractivity contribution in [2.45, 2.75) is 12.3 Å². The summed E-state index contributed by atoms with van der Waals surface area (Å²) in [5.74, 6) is -6.66. The third-order valence-corrected chi connectivity index (χ3v) is 2.14. The summed E-state index contributed by atoms with van der Waals surface area (Å²) in [5.41, 5.74) is 5.80. The number of alkyl halides is 4. The molecule has 0 aromatic heterocycles. The SMILES string of the molecule is CN(C(=O)C(F)(F)C(F)F)c1ccc(N)cc1. The summed E-state index contributed by atoms with van der Waals surface area (Å²) in [5, 5.41) is 0. The van der Waals surface area contributed by atoms with Gasteiger partial charge in [-0.3, -0.25) is 4.79 Å². The summed E-state index contributed by atoms with van der Waals surface area (Å²) >= 11 is 0. The van der Waals surface area contributed by atoms with Gasteiger partial charge in [0, 0.05) is 18.4 Å². The third-order valence-electron chi connectivity index (χ3n) is 2.14. The van der Waals surface area contributed by atoms with E-state index < -0.39 is 18.3 Å². The minimum absolute atomic E-state index is 0.0597. The molecular formula is C10H10F4N2O. The fraction of sp³-hybridized carbons (Fsp3) is 0.300. The molecule has 1 amide bonds. The van der Waals surface area contributed by atoms with Crippen molar-refractivity contribution in [3.05, 3.63) is 24.3 Å². The topological polar surface area (TPSA) is 46.3 Å². The largest absolute Gasteiger partial charge is 0.399 e. The van der Waals surface area contributed by atoms with Gasteiger partial charge in [-0.25, -0.2) is 8.78 Å². The van der Waals surface area contributed by atoms with E-state index in [0.29, 0.717) is 10.6 Å². The Bertz CT molecular complexity index is 405. The Balaban J connectivity index is 2.94. The normalized spacial score (nSPS) is 11.6. The van der Waals surface area contributed by atoms with E-state index in [4.69, 9.17) is 5.73 Å². The highest BCUT2D eigenvalue weighted by Crippen LogP contribution is 2.27. The van der Waals surface area contributed by atoms with E-state index in [2.05, 4.69) is 0 Å². The molecule has 0 fully saturated rings. The van der Waals surface area contributed by atoms with Crippen molar-refractivity contribution in [3.63, 3.8) is 0 Å². The second-order valence-electron chi connectivity index (χ2n) is 3.38. The number of anilines is 2. The van der Waals surface area contributed by atoms with Gasteiger partial charge in [0.1, 0.15) is 0 Å². The molecule has 0 unspecified atom stereocenters. The van der Waals surface area contributed by atoms with Crippen LogP contribution < -0.4 is 10.6 Å². The smallest absolute Gasteiger partial charge is 0.384 e. The van der Waals surface area contributed by atoms with E-state index in [-0.39, 0.29) is 5.69 Å². The Morgan fingerprint density at radius 3 is 2.18 bits per heavy atom. The van der Waals surface area contributed by atoms with Crippen molar-refractivity contribution in [2.24, 2.45) is 0 Å². The van der Waals surface area contributed by atoms with Crippen molar-refractivity contribution in [2.75, 3.05) is 17.7 Å². The molecule has 2 N–H and O–H groups in total. The summed E-state index contributed by atoms with van der Waals surface area (Å²) in [7, 11) is 0.990. The predicted octanol–water partition coefficient (Wildman–Crippen LogP) is 2.13. The molecule has 1 aromatic rings. The van der Waals surface area contributed by atoms with Gasteiger partial charge < -0.3 is 10.6 Å². The fourth-order valence-corrected chi connectivity index (χ4v) is 1.13. The number of amides is 1. The van der Waals surface area contributed by atoms with E-state index in [1.54, 1.807) is 0 Å². The average Bonchev–Trinajstić information content (AvgIpc) is 2.27. The second kappa shape index (κ2) is 4.60. The Labute approximate surface area is 94.8 Å². The van der Waals surface area contributed by atoms with Gasteiger partial charge in [0.25, 0.3) is 0 Å². The van der Waals surface area contributed by atoms with Gasteiger partial charge in [0.2, 0.25) is 0 Å². The maximum absolute atomic E-state index is 12.8. The van der Waals surface area contributed by atoms with E-state index in [1.165, 1.54) is 24.3 Å². The first-order valence-corrected chi connectivity index (χ1v) is 4.56. The number of carbonyl (C=O) groups is 1. The number of halogens is 4. The summed E-state index contributed by atoms with van der Waals surface area (Å²) in [6.07, 6.45) is -4.04. The fourth-order valence-electron chi connectivity index (χ4n) is 1.13. The lowest BCUT2D eigenvalue weighted by molar-refractivity contribution is -0.166. The number of nitrogen functional groups attached to an aromatic ring is 1. The van der Waals surface area contributed by atoms with Gasteiger partial charge in [0.05, 0.1) is 0 Å². The van der Waals surface area contributed by atoms with Crippen molar-refractivity contribution in [3.8, 4) is 0 Å². The van der Waals surface area contributed by atoms with E-state index in [1.807, 2.05) is 0 Å². The van der Waals surface area contributed by atoms with E-state index in [0.717, 1.165) is 7.05 Å². The van der Waals surface area contributed by atoms with Crippen molar-refractivity contribution in [1.82, 2.24) is 0 Å². The standard InChI is InChI=1S/C10H10F4N2O/c1-16(7-4-2-6(15)3-5-7)9(17)10(13,14)8(11)12/h2-5,8H,15H2,1H3. The molecule has 0 saturated carbocycles. The van der Waals surface area contributed by atoms with Crippen LogP contribution in [-0.2, 0) is 4.79 Å². The van der Waals surface area contributed by atoms with Crippen LogP contribution in [0, 0.1) is 0 Å². The summed E-state index contributed by atoms with van der Waals surface area (Å²) in [4.78, 5) is 11.6. The van der Waals surface area contributed by atoms with Crippen molar-refractivity contribution < 1.29 is 22.4 Å². The van der Waals surface area contributed by atoms with E-state index >= 15 is 0 Å². The Hall–Kier alpha value is -1.79. The molecule has 0 radical (unpaired) electrons. The molecule has 3 nitrogen and oxygen atoms in total. The highest BCUT2D eigenvalue weighted by molar-refractivity contribution is 5.98. The quantitative estimate of drug-likeness (QED) is 0.659. The molecular weight excluding hydrogens is 240 g/mol. The molecule has 0 aliphatic carbocycles. The molecule has 0 saturated heterocycles. The molecule has 0 aliphatic heterocycles. The Kier molecular flexibility index (Phi) is 3.59. The zero-order valence-electron chi connectivity index (χ0n) is 8.83. The number of hydrogen-bond acceptors (Lipinski definition) is 2. The van der Waals surface area contributed by atoms with Crippen LogP contribution in [-0.4, -0.2) is 25.3 Å². The zero-order valence-corrected chi connectivity index (χ0v) is 8.83. The highest BCUT2D eigenvalue weighted by atomic mass is 19.3. The number of carbonyl (C=O) groups excluding carboxylic acids is 1. The highest BCUT2D eigenvalue weighted by Gasteiger charge is 2.50. The number of rotatable bonds is 3. The number of nitrogens with zero attached hydrogens (tertiary/aromatic N) is 1. The van der Waals surface area contributed by atoms with Gasteiger partial charge in [-0.15, -0.1) is 0 Å². The predicted molar refractivity (Wildman–Crippen MR) is 55.2 cm³/mol. The van der Waals surface area contributed by atoms with Crippen molar-refractivity contribution >= 4 is 17.3 Å². The first-order chi connectivity index (χ1) is 7.76. The third kappa shape index (κ3) is 2.66. The summed E-state index contributed by atoms with van der Waals surface area (Å²) in [6, 6.07) is 5.32. The Morgan fingerprint density at radius 2 is 1.76 bits per heavy atom. The van der Waals surface area contributed by atoms with Gasteiger partial charge in [-0.05, 0) is 24.3 Å². The molecule has 94 valence electrons. The maximum Gasteiger partial charge on any atom is 0.384 e. The monoisotopic (exact) mass is 250 g/mol. The molecule has 1 aromatic carbocycles. The minimum Gasteiger partial charge on any atom is -0.399 e. The first-order valence-electron chi connectivity index (χ1n) is 4.56. The molecule has 0 bridgehead atoms. The lowest BCUT2D eigenvalue weighted by atomic mass is 10.2. The Morgan fingerprint density at radius 1 is 1.29 bits per heavy atom.